The summed E-state index contributed by atoms with van der Waals surface area (Å²) in [7, 11) is 0. The van der Waals surface area contributed by atoms with Crippen LogP contribution in [0.2, 0.25) is 0 Å². The SMILES string of the molecule is CCON([O-])C1[C@H]2CN(Cc3ccccc3)C[C@@H]12. The van der Waals surface area contributed by atoms with Gasteiger partial charge in [0, 0.05) is 25.7 Å². The van der Waals surface area contributed by atoms with E-state index in [0.717, 1.165) is 24.9 Å². The van der Waals surface area contributed by atoms with E-state index in [1.165, 1.54) is 5.56 Å². The molecule has 1 aliphatic heterocycles. The second kappa shape index (κ2) is 4.97. The summed E-state index contributed by atoms with van der Waals surface area (Å²) in [5.41, 5.74) is 1.35. The van der Waals surface area contributed by atoms with Gasteiger partial charge in [0.1, 0.15) is 0 Å². The predicted octanol–water partition coefficient (Wildman–Crippen LogP) is 1.87. The lowest BCUT2D eigenvalue weighted by Crippen LogP contribution is -2.31. The lowest BCUT2D eigenvalue weighted by molar-refractivity contribution is -0.130. The van der Waals surface area contributed by atoms with Crippen LogP contribution >= 0.6 is 0 Å². The highest BCUT2D eigenvalue weighted by Crippen LogP contribution is 2.48. The number of piperidine rings is 1. The van der Waals surface area contributed by atoms with Gasteiger partial charge in [0.15, 0.2) is 0 Å². The average Bonchev–Trinajstić information content (AvgIpc) is 2.88. The maximum Gasteiger partial charge on any atom is 0.0645 e. The lowest BCUT2D eigenvalue weighted by atomic mass is 10.2. The fraction of sp³-hybridized carbons (Fsp3) is 0.571. The molecule has 2 fully saturated rings. The quantitative estimate of drug-likeness (QED) is 0.745. The first-order valence-corrected chi connectivity index (χ1v) is 6.65. The third-order valence-corrected chi connectivity index (χ3v) is 3.97. The summed E-state index contributed by atoms with van der Waals surface area (Å²) in [5.74, 6) is 1.02. The number of nitrogens with zero attached hydrogens (tertiary/aromatic N) is 2. The normalized spacial score (nSPS) is 30.7. The van der Waals surface area contributed by atoms with Gasteiger partial charge in [-0.05, 0) is 24.3 Å². The molecule has 3 rings (SSSR count). The molecule has 1 unspecified atom stereocenters. The standard InChI is InChI=1S/C14H19N2O2/c1-2-18-16(17)14-12-9-15(10-13(12)14)8-11-6-4-3-5-7-11/h3-7,12-14H,2,8-10H2,1H3/q-1/t12-,13+,14?. The van der Waals surface area contributed by atoms with E-state index in [9.17, 15) is 5.21 Å². The number of fused-ring (bicyclic) bond motifs is 1. The number of hydroxylamine groups is 2. The van der Waals surface area contributed by atoms with Crippen molar-refractivity contribution in [1.82, 2.24) is 10.1 Å². The smallest absolute Gasteiger partial charge is 0.0645 e. The fourth-order valence-electron chi connectivity index (χ4n) is 3.08. The van der Waals surface area contributed by atoms with Gasteiger partial charge in [-0.25, -0.2) is 0 Å². The van der Waals surface area contributed by atoms with Gasteiger partial charge >= 0.3 is 0 Å². The Labute approximate surface area is 108 Å². The van der Waals surface area contributed by atoms with Crippen LogP contribution in [0, 0.1) is 17.0 Å². The van der Waals surface area contributed by atoms with E-state index in [1.807, 2.05) is 13.0 Å². The predicted molar refractivity (Wildman–Crippen MR) is 69.3 cm³/mol. The Kier molecular flexibility index (Phi) is 3.35. The summed E-state index contributed by atoms with van der Waals surface area (Å²) < 4.78 is 0. The number of hydrogen-bond acceptors (Lipinski definition) is 4. The van der Waals surface area contributed by atoms with Gasteiger partial charge in [-0.2, -0.15) is 0 Å². The minimum atomic E-state index is 0.108. The van der Waals surface area contributed by atoms with Crippen LogP contribution in [0.1, 0.15) is 12.5 Å². The molecular formula is C14H19N2O2-. The molecule has 98 valence electrons. The molecule has 1 saturated heterocycles. The van der Waals surface area contributed by atoms with Crippen LogP contribution in [0.5, 0.6) is 0 Å². The summed E-state index contributed by atoms with van der Waals surface area (Å²) in [4.78, 5) is 7.45. The van der Waals surface area contributed by atoms with Gasteiger partial charge in [-0.1, -0.05) is 30.3 Å². The van der Waals surface area contributed by atoms with E-state index in [1.54, 1.807) is 0 Å². The van der Waals surface area contributed by atoms with Crippen molar-refractivity contribution < 1.29 is 4.84 Å². The molecule has 0 radical (unpaired) electrons. The van der Waals surface area contributed by atoms with Crippen molar-refractivity contribution in [2.45, 2.75) is 19.5 Å². The van der Waals surface area contributed by atoms with Crippen molar-refractivity contribution in [2.75, 3.05) is 19.7 Å². The molecule has 4 nitrogen and oxygen atoms in total. The zero-order chi connectivity index (χ0) is 12.5. The van der Waals surface area contributed by atoms with Crippen molar-refractivity contribution >= 4 is 0 Å². The molecule has 3 atom stereocenters. The van der Waals surface area contributed by atoms with Crippen molar-refractivity contribution in [3.63, 3.8) is 0 Å². The molecule has 1 heterocycles. The van der Waals surface area contributed by atoms with E-state index >= 15 is 0 Å². The zero-order valence-corrected chi connectivity index (χ0v) is 10.7. The Morgan fingerprint density at radius 2 is 1.94 bits per heavy atom. The molecule has 1 aromatic rings. The number of benzene rings is 1. The summed E-state index contributed by atoms with van der Waals surface area (Å²) in [6.07, 6.45) is 0. The molecule has 0 amide bonds. The van der Waals surface area contributed by atoms with E-state index in [0.29, 0.717) is 18.4 Å². The second-order valence-electron chi connectivity index (χ2n) is 5.20. The van der Waals surface area contributed by atoms with Gasteiger partial charge in [0.05, 0.1) is 6.61 Å². The minimum Gasteiger partial charge on any atom is -0.762 e. The van der Waals surface area contributed by atoms with E-state index in [2.05, 4.69) is 29.2 Å². The maximum atomic E-state index is 11.6. The topological polar surface area (TPSA) is 38.8 Å². The van der Waals surface area contributed by atoms with Gasteiger partial charge in [-0.3, -0.25) is 10.1 Å². The molecule has 0 N–H and O–H groups in total. The summed E-state index contributed by atoms with van der Waals surface area (Å²) >= 11 is 0. The first kappa shape index (κ1) is 12.1. The van der Waals surface area contributed by atoms with E-state index < -0.39 is 0 Å². The highest BCUT2D eigenvalue weighted by Gasteiger charge is 2.56. The Balaban J connectivity index is 1.49. The summed E-state index contributed by atoms with van der Waals surface area (Å²) in [5, 5.41) is 12.4. The van der Waals surface area contributed by atoms with Gasteiger partial charge in [-0.15, -0.1) is 0 Å². The highest BCUT2D eigenvalue weighted by molar-refractivity contribution is 5.16. The second-order valence-corrected chi connectivity index (χ2v) is 5.20. The Morgan fingerprint density at radius 3 is 2.56 bits per heavy atom. The Bertz CT molecular complexity index is 386. The lowest BCUT2D eigenvalue weighted by Gasteiger charge is -2.30. The van der Waals surface area contributed by atoms with E-state index in [-0.39, 0.29) is 6.04 Å². The van der Waals surface area contributed by atoms with Crippen LogP contribution in [-0.2, 0) is 11.4 Å². The number of rotatable bonds is 5. The van der Waals surface area contributed by atoms with Crippen LogP contribution in [0.25, 0.3) is 0 Å². The fourth-order valence-corrected chi connectivity index (χ4v) is 3.08. The number of hydrogen-bond donors (Lipinski definition) is 0. The molecule has 1 aromatic carbocycles. The number of likely N-dealkylation sites (tertiary alicyclic amines) is 1. The highest BCUT2D eigenvalue weighted by atomic mass is 16.9. The van der Waals surface area contributed by atoms with Crippen molar-refractivity contribution in [2.24, 2.45) is 11.8 Å². The zero-order valence-electron chi connectivity index (χ0n) is 10.7. The van der Waals surface area contributed by atoms with Crippen molar-refractivity contribution in [3.8, 4) is 0 Å². The van der Waals surface area contributed by atoms with Crippen LogP contribution in [0.3, 0.4) is 0 Å². The molecule has 0 spiro atoms. The summed E-state index contributed by atoms with van der Waals surface area (Å²) in [6, 6.07) is 10.6. The van der Waals surface area contributed by atoms with Gasteiger partial charge < -0.3 is 10.0 Å². The Hall–Kier alpha value is -0.940. The average molecular weight is 247 g/mol. The van der Waals surface area contributed by atoms with E-state index in [4.69, 9.17) is 4.84 Å². The largest absolute Gasteiger partial charge is 0.762 e. The monoisotopic (exact) mass is 247 g/mol. The maximum absolute atomic E-state index is 11.6. The van der Waals surface area contributed by atoms with Crippen LogP contribution in [0.15, 0.2) is 30.3 Å². The molecule has 1 aliphatic carbocycles. The minimum absolute atomic E-state index is 0.108. The van der Waals surface area contributed by atoms with Crippen LogP contribution in [0.4, 0.5) is 0 Å². The van der Waals surface area contributed by atoms with Crippen molar-refractivity contribution in [3.05, 3.63) is 41.1 Å². The first-order valence-electron chi connectivity index (χ1n) is 6.65. The molecule has 2 aliphatic rings. The molecule has 18 heavy (non-hydrogen) atoms. The molecule has 4 heteroatoms. The molecule has 1 saturated carbocycles. The van der Waals surface area contributed by atoms with Crippen molar-refractivity contribution in [1.29, 1.82) is 0 Å². The first-order chi connectivity index (χ1) is 8.79. The van der Waals surface area contributed by atoms with Gasteiger partial charge in [0.2, 0.25) is 0 Å². The van der Waals surface area contributed by atoms with Crippen LogP contribution in [-0.4, -0.2) is 35.9 Å². The summed E-state index contributed by atoms with van der Waals surface area (Å²) in [6.45, 7) is 5.36. The third kappa shape index (κ3) is 2.29. The Morgan fingerprint density at radius 1 is 1.28 bits per heavy atom. The molecule has 0 aromatic heterocycles. The molecular weight excluding hydrogens is 228 g/mol. The van der Waals surface area contributed by atoms with Crippen LogP contribution < -0.4 is 0 Å². The molecule has 0 bridgehead atoms. The van der Waals surface area contributed by atoms with Gasteiger partial charge in [0.25, 0.3) is 0 Å². The third-order valence-electron chi connectivity index (χ3n) is 3.97.